The number of amides is 2. The monoisotopic (exact) mass is 334 g/mol. The third-order valence-corrected chi connectivity index (χ3v) is 3.77. The van der Waals surface area contributed by atoms with Gasteiger partial charge in [-0.15, -0.1) is 0 Å². The van der Waals surface area contributed by atoms with Crippen LogP contribution in [0.25, 0.3) is 0 Å². The van der Waals surface area contributed by atoms with Gasteiger partial charge in [0.1, 0.15) is 0 Å². The van der Waals surface area contributed by atoms with Crippen LogP contribution >= 0.6 is 0 Å². The van der Waals surface area contributed by atoms with E-state index in [-0.39, 0.29) is 18.0 Å². The Balaban J connectivity index is 1.72. The smallest absolute Gasteiger partial charge is 0.326 e. The Hall–Kier alpha value is -2.83. The molecule has 7 heteroatoms. The molecule has 2 aromatic carbocycles. The maximum absolute atomic E-state index is 12.7. The molecule has 0 bridgehead atoms. The van der Waals surface area contributed by atoms with Gasteiger partial charge in [0.2, 0.25) is 11.8 Å². The molecule has 24 heavy (non-hydrogen) atoms. The van der Waals surface area contributed by atoms with Gasteiger partial charge >= 0.3 is 6.18 Å². The highest BCUT2D eigenvalue weighted by molar-refractivity contribution is 6.06. The van der Waals surface area contributed by atoms with Crippen LogP contribution in [0.15, 0.2) is 48.5 Å². The average molecular weight is 334 g/mol. The molecule has 0 aromatic heterocycles. The summed E-state index contributed by atoms with van der Waals surface area (Å²) in [4.78, 5) is 24.1. The molecule has 1 aliphatic rings. The molecule has 0 aliphatic carbocycles. The van der Waals surface area contributed by atoms with Crippen molar-refractivity contribution in [3.8, 4) is 0 Å². The number of nitrogens with one attached hydrogen (secondary N) is 2. The Morgan fingerprint density at radius 1 is 1.12 bits per heavy atom. The number of fused-ring (bicyclic) bond motifs is 1. The van der Waals surface area contributed by atoms with Gasteiger partial charge < -0.3 is 10.6 Å². The van der Waals surface area contributed by atoms with Crippen molar-refractivity contribution in [2.75, 3.05) is 10.6 Å². The molecule has 2 N–H and O–H groups in total. The van der Waals surface area contributed by atoms with Crippen LogP contribution in [-0.4, -0.2) is 11.8 Å². The van der Waals surface area contributed by atoms with E-state index in [4.69, 9.17) is 0 Å². The van der Waals surface area contributed by atoms with E-state index in [2.05, 4.69) is 10.6 Å². The second-order valence-electron chi connectivity index (χ2n) is 5.46. The number of rotatable bonds is 3. The SMILES string of the molecule is O=C(CC1C(=O)Nc2ccccc21)Nc1cccc(C(F)(F)F)c1. The van der Waals surface area contributed by atoms with E-state index < -0.39 is 23.6 Å². The molecular weight excluding hydrogens is 321 g/mol. The summed E-state index contributed by atoms with van der Waals surface area (Å²) < 4.78 is 38.1. The van der Waals surface area contributed by atoms with Crippen LogP contribution in [0.1, 0.15) is 23.5 Å². The van der Waals surface area contributed by atoms with Crippen LogP contribution in [0.4, 0.5) is 24.5 Å². The summed E-state index contributed by atoms with van der Waals surface area (Å²) in [7, 11) is 0. The average Bonchev–Trinajstić information content (AvgIpc) is 2.83. The zero-order valence-corrected chi connectivity index (χ0v) is 12.4. The van der Waals surface area contributed by atoms with Crippen LogP contribution in [-0.2, 0) is 15.8 Å². The van der Waals surface area contributed by atoms with Gasteiger partial charge in [-0.1, -0.05) is 24.3 Å². The first-order chi connectivity index (χ1) is 11.3. The number of benzene rings is 2. The first kappa shape index (κ1) is 16.0. The van der Waals surface area contributed by atoms with Crippen molar-refractivity contribution in [2.24, 2.45) is 0 Å². The normalized spacial score (nSPS) is 16.5. The first-order valence-corrected chi connectivity index (χ1v) is 7.21. The summed E-state index contributed by atoms with van der Waals surface area (Å²) in [6, 6.07) is 11.4. The second kappa shape index (κ2) is 5.99. The summed E-state index contributed by atoms with van der Waals surface area (Å²) >= 11 is 0. The second-order valence-corrected chi connectivity index (χ2v) is 5.46. The van der Waals surface area contributed by atoms with Gasteiger partial charge in [0.05, 0.1) is 11.5 Å². The van der Waals surface area contributed by atoms with Gasteiger partial charge in [0.15, 0.2) is 0 Å². The molecule has 0 radical (unpaired) electrons. The molecule has 1 unspecified atom stereocenters. The van der Waals surface area contributed by atoms with E-state index in [1.807, 2.05) is 0 Å². The van der Waals surface area contributed by atoms with Gasteiger partial charge in [-0.25, -0.2) is 0 Å². The Labute approximate surface area is 135 Å². The fourth-order valence-electron chi connectivity index (χ4n) is 2.65. The minimum Gasteiger partial charge on any atom is -0.326 e. The van der Waals surface area contributed by atoms with E-state index in [0.717, 1.165) is 12.1 Å². The lowest BCUT2D eigenvalue weighted by molar-refractivity contribution is -0.137. The van der Waals surface area contributed by atoms with E-state index in [9.17, 15) is 22.8 Å². The third-order valence-electron chi connectivity index (χ3n) is 3.77. The van der Waals surface area contributed by atoms with Crippen molar-refractivity contribution in [1.29, 1.82) is 0 Å². The number of hydrogen-bond acceptors (Lipinski definition) is 2. The molecule has 3 rings (SSSR count). The molecule has 0 fully saturated rings. The molecule has 1 aliphatic heterocycles. The topological polar surface area (TPSA) is 58.2 Å². The van der Waals surface area contributed by atoms with Crippen LogP contribution < -0.4 is 10.6 Å². The maximum atomic E-state index is 12.7. The standard InChI is InChI=1S/C17H13F3N2O2/c18-17(19,20)10-4-3-5-11(8-10)21-15(23)9-13-12-6-1-2-7-14(12)22-16(13)24/h1-8,13H,9H2,(H,21,23)(H,22,24). The van der Waals surface area contributed by atoms with Gasteiger partial charge in [0.25, 0.3) is 0 Å². The lowest BCUT2D eigenvalue weighted by atomic mass is 9.97. The fourth-order valence-corrected chi connectivity index (χ4v) is 2.65. The molecule has 2 aromatic rings. The number of carbonyl (C=O) groups excluding carboxylic acids is 2. The Bertz CT molecular complexity index is 802. The van der Waals surface area contributed by atoms with Crippen molar-refractivity contribution in [3.63, 3.8) is 0 Å². The number of hydrogen-bond donors (Lipinski definition) is 2. The van der Waals surface area contributed by atoms with Crippen molar-refractivity contribution >= 4 is 23.2 Å². The predicted molar refractivity (Wildman–Crippen MR) is 82.5 cm³/mol. The highest BCUT2D eigenvalue weighted by Gasteiger charge is 2.33. The van der Waals surface area contributed by atoms with Gasteiger partial charge in [-0.2, -0.15) is 13.2 Å². The summed E-state index contributed by atoms with van der Waals surface area (Å²) in [5.41, 5.74) is 0.562. The fraction of sp³-hybridized carbons (Fsp3) is 0.176. The van der Waals surface area contributed by atoms with Gasteiger partial charge in [-0.05, 0) is 29.8 Å². The number of para-hydroxylation sites is 1. The molecule has 4 nitrogen and oxygen atoms in total. The van der Waals surface area contributed by atoms with Crippen molar-refractivity contribution in [1.82, 2.24) is 0 Å². The number of anilines is 2. The molecule has 2 amide bonds. The Kier molecular flexibility index (Phi) is 4.01. The first-order valence-electron chi connectivity index (χ1n) is 7.21. The van der Waals surface area contributed by atoms with E-state index in [0.29, 0.717) is 11.3 Å². The lowest BCUT2D eigenvalue weighted by Gasteiger charge is -2.11. The van der Waals surface area contributed by atoms with Crippen LogP contribution in [0.3, 0.4) is 0 Å². The molecule has 0 saturated carbocycles. The van der Waals surface area contributed by atoms with Crippen LogP contribution in [0.5, 0.6) is 0 Å². The van der Waals surface area contributed by atoms with Crippen molar-refractivity contribution < 1.29 is 22.8 Å². The molecule has 1 atom stereocenters. The highest BCUT2D eigenvalue weighted by atomic mass is 19.4. The molecule has 124 valence electrons. The summed E-state index contributed by atoms with van der Waals surface area (Å²) in [6.45, 7) is 0. The van der Waals surface area contributed by atoms with E-state index in [1.54, 1.807) is 24.3 Å². The number of alkyl halides is 3. The number of halogens is 3. The largest absolute Gasteiger partial charge is 0.416 e. The quantitative estimate of drug-likeness (QED) is 0.898. The third kappa shape index (κ3) is 3.24. The maximum Gasteiger partial charge on any atom is 0.416 e. The van der Waals surface area contributed by atoms with Crippen LogP contribution in [0.2, 0.25) is 0 Å². The van der Waals surface area contributed by atoms with E-state index in [1.165, 1.54) is 12.1 Å². The minimum atomic E-state index is -4.48. The molecular formula is C17H13F3N2O2. The van der Waals surface area contributed by atoms with Gasteiger partial charge in [0, 0.05) is 17.8 Å². The van der Waals surface area contributed by atoms with E-state index >= 15 is 0 Å². The minimum absolute atomic E-state index is 0.0431. The highest BCUT2D eigenvalue weighted by Crippen LogP contribution is 2.35. The van der Waals surface area contributed by atoms with Crippen molar-refractivity contribution in [2.45, 2.75) is 18.5 Å². The lowest BCUT2D eigenvalue weighted by Crippen LogP contribution is -2.20. The summed E-state index contributed by atoms with van der Waals surface area (Å²) in [6.07, 6.45) is -4.62. The molecule has 0 spiro atoms. The Morgan fingerprint density at radius 3 is 2.62 bits per heavy atom. The predicted octanol–water partition coefficient (Wildman–Crippen LogP) is 3.77. The zero-order valence-electron chi connectivity index (χ0n) is 12.4. The Morgan fingerprint density at radius 2 is 1.88 bits per heavy atom. The zero-order chi connectivity index (χ0) is 17.3. The van der Waals surface area contributed by atoms with Crippen LogP contribution in [0, 0.1) is 0 Å². The summed E-state index contributed by atoms with van der Waals surface area (Å²) in [5.74, 6) is -1.46. The molecule has 1 heterocycles. The van der Waals surface area contributed by atoms with Crippen molar-refractivity contribution in [3.05, 3.63) is 59.7 Å². The number of carbonyl (C=O) groups is 2. The molecule has 0 saturated heterocycles. The van der Waals surface area contributed by atoms with Gasteiger partial charge in [-0.3, -0.25) is 9.59 Å². The summed E-state index contributed by atoms with van der Waals surface area (Å²) in [5, 5.41) is 5.09.